The minimum atomic E-state index is 0.143. The molecule has 1 fully saturated rings. The molecule has 19 heavy (non-hydrogen) atoms. The van der Waals surface area contributed by atoms with Crippen LogP contribution >= 0.6 is 15.9 Å². The van der Waals surface area contributed by atoms with Crippen molar-refractivity contribution >= 4 is 15.9 Å². The Morgan fingerprint density at radius 2 is 2.05 bits per heavy atom. The predicted octanol–water partition coefficient (Wildman–Crippen LogP) is 4.82. The summed E-state index contributed by atoms with van der Waals surface area (Å²) in [7, 11) is 1.68. The monoisotopic (exact) mass is 325 g/mol. The summed E-state index contributed by atoms with van der Waals surface area (Å²) in [5.74, 6) is 1.77. The molecule has 0 saturated heterocycles. The highest BCUT2D eigenvalue weighted by atomic mass is 79.9. The minimum Gasteiger partial charge on any atom is -0.496 e. The van der Waals surface area contributed by atoms with Crippen molar-refractivity contribution in [3.8, 4) is 5.75 Å². The maximum atomic E-state index is 6.31. The van der Waals surface area contributed by atoms with E-state index in [0.29, 0.717) is 0 Å². The molecule has 1 atom stereocenters. The van der Waals surface area contributed by atoms with Gasteiger partial charge in [-0.3, -0.25) is 0 Å². The summed E-state index contributed by atoms with van der Waals surface area (Å²) in [5, 5.41) is 0. The molecule has 0 aromatic heterocycles. The largest absolute Gasteiger partial charge is 0.496 e. The van der Waals surface area contributed by atoms with Crippen LogP contribution in [-0.2, 0) is 0 Å². The molecule has 3 heteroatoms. The molecule has 0 spiro atoms. The Bertz CT molecular complexity index is 402. The number of hydrogen-bond donors (Lipinski definition) is 1. The molecule has 1 aliphatic rings. The van der Waals surface area contributed by atoms with Crippen LogP contribution in [0.3, 0.4) is 0 Å². The third-order valence-corrected chi connectivity index (χ3v) is 4.83. The van der Waals surface area contributed by atoms with Crippen molar-refractivity contribution in [2.24, 2.45) is 11.7 Å². The van der Waals surface area contributed by atoms with E-state index in [1.165, 1.54) is 44.1 Å². The molecule has 106 valence electrons. The van der Waals surface area contributed by atoms with Gasteiger partial charge in [0.25, 0.3) is 0 Å². The summed E-state index contributed by atoms with van der Waals surface area (Å²) >= 11 is 3.52. The smallest absolute Gasteiger partial charge is 0.133 e. The van der Waals surface area contributed by atoms with Crippen molar-refractivity contribution in [3.63, 3.8) is 0 Å². The maximum absolute atomic E-state index is 6.31. The molecule has 0 aliphatic heterocycles. The molecule has 1 aromatic rings. The molecule has 1 unspecified atom stereocenters. The van der Waals surface area contributed by atoms with E-state index in [2.05, 4.69) is 28.1 Å². The predicted molar refractivity (Wildman–Crippen MR) is 83.4 cm³/mol. The van der Waals surface area contributed by atoms with Crippen molar-refractivity contribution in [3.05, 3.63) is 28.2 Å². The lowest BCUT2D eigenvalue weighted by Gasteiger charge is -2.23. The zero-order valence-corrected chi connectivity index (χ0v) is 13.3. The number of hydrogen-bond acceptors (Lipinski definition) is 2. The Morgan fingerprint density at radius 3 is 2.68 bits per heavy atom. The van der Waals surface area contributed by atoms with Gasteiger partial charge in [-0.2, -0.15) is 0 Å². The fourth-order valence-corrected chi connectivity index (χ4v) is 3.53. The lowest BCUT2D eigenvalue weighted by atomic mass is 9.84. The number of methoxy groups -OCH3 is 1. The highest BCUT2D eigenvalue weighted by molar-refractivity contribution is 9.10. The fourth-order valence-electron chi connectivity index (χ4n) is 2.97. The van der Waals surface area contributed by atoms with Crippen LogP contribution in [0.15, 0.2) is 22.7 Å². The summed E-state index contributed by atoms with van der Waals surface area (Å²) < 4.78 is 6.23. The zero-order chi connectivity index (χ0) is 13.7. The van der Waals surface area contributed by atoms with Crippen molar-refractivity contribution in [1.29, 1.82) is 0 Å². The number of benzene rings is 1. The SMILES string of the molecule is COc1ccc(C(N)CCC2CCCCC2)cc1Br. The Hall–Kier alpha value is -0.540. The molecule has 1 saturated carbocycles. The first-order chi connectivity index (χ1) is 9.20. The van der Waals surface area contributed by atoms with Crippen LogP contribution in [0.5, 0.6) is 5.75 Å². The zero-order valence-electron chi connectivity index (χ0n) is 11.7. The third-order valence-electron chi connectivity index (χ3n) is 4.21. The van der Waals surface area contributed by atoms with E-state index in [-0.39, 0.29) is 6.04 Å². The van der Waals surface area contributed by atoms with Gasteiger partial charge < -0.3 is 10.5 Å². The van der Waals surface area contributed by atoms with Gasteiger partial charge in [0.1, 0.15) is 5.75 Å². The van der Waals surface area contributed by atoms with Gasteiger partial charge in [0.15, 0.2) is 0 Å². The number of nitrogens with two attached hydrogens (primary N) is 1. The van der Waals surface area contributed by atoms with E-state index in [1.807, 2.05) is 6.07 Å². The molecule has 2 nitrogen and oxygen atoms in total. The standard InChI is InChI=1S/C16H24BrNO/c1-19-16-10-8-13(11-14(16)17)15(18)9-7-12-5-3-2-4-6-12/h8,10-12,15H,2-7,9,18H2,1H3. The maximum Gasteiger partial charge on any atom is 0.133 e. The fraction of sp³-hybridized carbons (Fsp3) is 0.625. The normalized spacial score (nSPS) is 18.3. The summed E-state index contributed by atoms with van der Waals surface area (Å²) in [4.78, 5) is 0. The van der Waals surface area contributed by atoms with E-state index >= 15 is 0 Å². The molecule has 2 N–H and O–H groups in total. The summed E-state index contributed by atoms with van der Waals surface area (Å²) in [6.45, 7) is 0. The van der Waals surface area contributed by atoms with Crippen molar-refractivity contribution in [2.75, 3.05) is 7.11 Å². The lowest BCUT2D eigenvalue weighted by Crippen LogP contribution is -2.14. The first-order valence-electron chi connectivity index (χ1n) is 7.29. The van der Waals surface area contributed by atoms with E-state index in [0.717, 1.165) is 22.6 Å². The number of ether oxygens (including phenoxy) is 1. The second kappa shape index (κ2) is 7.30. The van der Waals surface area contributed by atoms with Gasteiger partial charge in [-0.25, -0.2) is 0 Å². The van der Waals surface area contributed by atoms with Crippen molar-refractivity contribution < 1.29 is 4.74 Å². The summed E-state index contributed by atoms with van der Waals surface area (Å²) in [5.41, 5.74) is 7.51. The molecule has 0 bridgehead atoms. The number of halogens is 1. The molecule has 1 aromatic carbocycles. The molecular weight excluding hydrogens is 302 g/mol. The molecule has 0 radical (unpaired) electrons. The topological polar surface area (TPSA) is 35.2 Å². The highest BCUT2D eigenvalue weighted by Crippen LogP contribution is 2.32. The Kier molecular flexibility index (Phi) is 5.71. The quantitative estimate of drug-likeness (QED) is 0.842. The average Bonchev–Trinajstić information content (AvgIpc) is 2.45. The second-order valence-corrected chi connectivity index (χ2v) is 6.44. The Balaban J connectivity index is 1.88. The molecular formula is C16H24BrNO. The third kappa shape index (κ3) is 4.22. The molecule has 1 aliphatic carbocycles. The lowest BCUT2D eigenvalue weighted by molar-refractivity contribution is 0.324. The van der Waals surface area contributed by atoms with Gasteiger partial charge in [-0.1, -0.05) is 38.2 Å². The van der Waals surface area contributed by atoms with Crippen LogP contribution in [0.2, 0.25) is 0 Å². The van der Waals surface area contributed by atoms with E-state index < -0.39 is 0 Å². The van der Waals surface area contributed by atoms with Gasteiger partial charge in [-0.05, 0) is 52.4 Å². The number of rotatable bonds is 5. The molecule has 0 heterocycles. The first kappa shape index (κ1) is 14.9. The van der Waals surface area contributed by atoms with E-state index in [9.17, 15) is 0 Å². The van der Waals surface area contributed by atoms with Gasteiger partial charge in [0.05, 0.1) is 11.6 Å². The molecule has 0 amide bonds. The van der Waals surface area contributed by atoms with Crippen LogP contribution in [0, 0.1) is 5.92 Å². The van der Waals surface area contributed by atoms with Gasteiger partial charge in [-0.15, -0.1) is 0 Å². The van der Waals surface area contributed by atoms with Crippen molar-refractivity contribution in [2.45, 2.75) is 51.0 Å². The first-order valence-corrected chi connectivity index (χ1v) is 8.09. The van der Waals surface area contributed by atoms with Gasteiger partial charge >= 0.3 is 0 Å². The van der Waals surface area contributed by atoms with Crippen LogP contribution in [0.4, 0.5) is 0 Å². The van der Waals surface area contributed by atoms with E-state index in [1.54, 1.807) is 7.11 Å². The minimum absolute atomic E-state index is 0.143. The Labute approximate surface area is 124 Å². The molecule has 2 rings (SSSR count). The Morgan fingerprint density at radius 1 is 1.32 bits per heavy atom. The summed E-state index contributed by atoms with van der Waals surface area (Å²) in [6, 6.07) is 6.29. The van der Waals surface area contributed by atoms with E-state index in [4.69, 9.17) is 10.5 Å². The second-order valence-electron chi connectivity index (χ2n) is 5.58. The average molecular weight is 326 g/mol. The van der Waals surface area contributed by atoms with Gasteiger partial charge in [0, 0.05) is 6.04 Å². The summed E-state index contributed by atoms with van der Waals surface area (Å²) in [6.07, 6.45) is 9.41. The van der Waals surface area contributed by atoms with Crippen molar-refractivity contribution in [1.82, 2.24) is 0 Å². The highest BCUT2D eigenvalue weighted by Gasteiger charge is 2.16. The van der Waals surface area contributed by atoms with Crippen LogP contribution in [0.25, 0.3) is 0 Å². The van der Waals surface area contributed by atoms with Crippen LogP contribution in [-0.4, -0.2) is 7.11 Å². The van der Waals surface area contributed by atoms with Crippen LogP contribution < -0.4 is 10.5 Å². The van der Waals surface area contributed by atoms with Gasteiger partial charge in [0.2, 0.25) is 0 Å². The van der Waals surface area contributed by atoms with Crippen LogP contribution in [0.1, 0.15) is 56.6 Å².